The minimum atomic E-state index is 0.411. The third-order valence-electron chi connectivity index (χ3n) is 3.36. The SMILES string of the molecule is CC1(C)CCC(N)C(SC2COC2)C1. The van der Waals surface area contributed by atoms with Gasteiger partial charge in [-0.2, -0.15) is 0 Å². The van der Waals surface area contributed by atoms with Crippen LogP contribution in [0.1, 0.15) is 33.1 Å². The molecule has 1 heterocycles. The molecule has 0 bridgehead atoms. The van der Waals surface area contributed by atoms with Crippen LogP contribution in [0.2, 0.25) is 0 Å². The van der Waals surface area contributed by atoms with E-state index in [1.165, 1.54) is 19.3 Å². The van der Waals surface area contributed by atoms with Crippen LogP contribution in [0.15, 0.2) is 0 Å². The molecule has 1 saturated carbocycles. The van der Waals surface area contributed by atoms with E-state index in [2.05, 4.69) is 25.6 Å². The first kappa shape index (κ1) is 10.8. The van der Waals surface area contributed by atoms with E-state index >= 15 is 0 Å². The summed E-state index contributed by atoms with van der Waals surface area (Å²) < 4.78 is 5.20. The largest absolute Gasteiger partial charge is 0.379 e. The second-order valence-corrected chi connectivity index (χ2v) is 6.95. The lowest BCUT2D eigenvalue weighted by molar-refractivity contribution is 0.0449. The lowest BCUT2D eigenvalue weighted by atomic mass is 9.75. The predicted octanol–water partition coefficient (Wildman–Crippen LogP) is 2.02. The zero-order chi connectivity index (χ0) is 10.2. The van der Waals surface area contributed by atoms with Crippen molar-refractivity contribution in [2.75, 3.05) is 13.2 Å². The van der Waals surface area contributed by atoms with Crippen molar-refractivity contribution in [1.29, 1.82) is 0 Å². The van der Waals surface area contributed by atoms with Crippen molar-refractivity contribution in [3.63, 3.8) is 0 Å². The Hall–Kier alpha value is 0.270. The molecule has 3 heteroatoms. The molecule has 2 N–H and O–H groups in total. The first-order chi connectivity index (χ1) is 6.57. The molecular weight excluding hydrogens is 194 g/mol. The van der Waals surface area contributed by atoms with E-state index in [4.69, 9.17) is 10.5 Å². The molecule has 2 aliphatic rings. The molecule has 0 aromatic carbocycles. The summed E-state index contributed by atoms with van der Waals surface area (Å²) >= 11 is 2.07. The van der Waals surface area contributed by atoms with Crippen LogP contribution in [-0.2, 0) is 4.74 Å². The van der Waals surface area contributed by atoms with Crippen LogP contribution in [-0.4, -0.2) is 29.8 Å². The number of hydrogen-bond acceptors (Lipinski definition) is 3. The first-order valence-electron chi connectivity index (χ1n) is 5.56. The summed E-state index contributed by atoms with van der Waals surface area (Å²) in [6.45, 7) is 6.61. The highest BCUT2D eigenvalue weighted by Crippen LogP contribution is 2.41. The highest BCUT2D eigenvalue weighted by atomic mass is 32.2. The molecule has 14 heavy (non-hydrogen) atoms. The molecule has 2 nitrogen and oxygen atoms in total. The highest BCUT2D eigenvalue weighted by molar-refractivity contribution is 8.00. The van der Waals surface area contributed by atoms with Crippen LogP contribution >= 0.6 is 11.8 Å². The molecule has 0 spiro atoms. The van der Waals surface area contributed by atoms with Gasteiger partial charge < -0.3 is 10.5 Å². The molecular formula is C11H21NOS. The number of nitrogens with two attached hydrogens (primary N) is 1. The zero-order valence-electron chi connectivity index (χ0n) is 9.16. The number of ether oxygens (including phenoxy) is 1. The summed E-state index contributed by atoms with van der Waals surface area (Å²) in [6, 6.07) is 0.411. The minimum Gasteiger partial charge on any atom is -0.379 e. The van der Waals surface area contributed by atoms with Crippen molar-refractivity contribution in [2.45, 2.75) is 49.7 Å². The quantitative estimate of drug-likeness (QED) is 0.765. The monoisotopic (exact) mass is 215 g/mol. The van der Waals surface area contributed by atoms with E-state index in [9.17, 15) is 0 Å². The topological polar surface area (TPSA) is 35.2 Å². The first-order valence-corrected chi connectivity index (χ1v) is 6.50. The van der Waals surface area contributed by atoms with Crippen LogP contribution in [0.3, 0.4) is 0 Å². The van der Waals surface area contributed by atoms with E-state index < -0.39 is 0 Å². The summed E-state index contributed by atoms with van der Waals surface area (Å²) in [5.74, 6) is 0. The highest BCUT2D eigenvalue weighted by Gasteiger charge is 2.35. The van der Waals surface area contributed by atoms with Crippen molar-refractivity contribution >= 4 is 11.8 Å². The second kappa shape index (κ2) is 4.03. The molecule has 2 atom stereocenters. The Kier molecular flexibility index (Phi) is 3.10. The molecule has 1 saturated heterocycles. The van der Waals surface area contributed by atoms with Gasteiger partial charge in [0.05, 0.1) is 18.5 Å². The van der Waals surface area contributed by atoms with Gasteiger partial charge in [-0.3, -0.25) is 0 Å². The summed E-state index contributed by atoms with van der Waals surface area (Å²) in [6.07, 6.45) is 3.75. The normalized spacial score (nSPS) is 37.9. The Bertz CT molecular complexity index is 203. The number of thioether (sulfide) groups is 1. The fourth-order valence-corrected chi connectivity index (χ4v) is 3.96. The third kappa shape index (κ3) is 2.44. The van der Waals surface area contributed by atoms with E-state index in [-0.39, 0.29) is 0 Å². The summed E-state index contributed by atoms with van der Waals surface area (Å²) in [4.78, 5) is 0. The van der Waals surface area contributed by atoms with Crippen molar-refractivity contribution in [2.24, 2.45) is 11.1 Å². The standard InChI is InChI=1S/C11H21NOS/c1-11(2)4-3-9(12)10(5-11)14-8-6-13-7-8/h8-10H,3-7,12H2,1-2H3. The number of rotatable bonds is 2. The van der Waals surface area contributed by atoms with Crippen LogP contribution in [0.5, 0.6) is 0 Å². The minimum absolute atomic E-state index is 0.411. The van der Waals surface area contributed by atoms with Gasteiger partial charge in [0.2, 0.25) is 0 Å². The Morgan fingerprint density at radius 3 is 2.64 bits per heavy atom. The Labute approximate surface area is 91.0 Å². The lowest BCUT2D eigenvalue weighted by Crippen LogP contribution is -2.44. The van der Waals surface area contributed by atoms with Gasteiger partial charge >= 0.3 is 0 Å². The second-order valence-electron chi connectivity index (χ2n) is 5.40. The maximum Gasteiger partial charge on any atom is 0.0608 e. The smallest absolute Gasteiger partial charge is 0.0608 e. The lowest BCUT2D eigenvalue weighted by Gasteiger charge is -2.41. The van der Waals surface area contributed by atoms with E-state index in [0.717, 1.165) is 18.5 Å². The van der Waals surface area contributed by atoms with Crippen molar-refractivity contribution < 1.29 is 4.74 Å². The molecule has 0 aromatic heterocycles. The third-order valence-corrected chi connectivity index (χ3v) is 4.88. The van der Waals surface area contributed by atoms with Gasteiger partial charge in [-0.25, -0.2) is 0 Å². The van der Waals surface area contributed by atoms with Crippen molar-refractivity contribution in [1.82, 2.24) is 0 Å². The summed E-state index contributed by atoms with van der Waals surface area (Å²) in [7, 11) is 0. The average molecular weight is 215 g/mol. The molecule has 1 aliphatic heterocycles. The Morgan fingerprint density at radius 1 is 1.36 bits per heavy atom. The van der Waals surface area contributed by atoms with E-state index in [1.54, 1.807) is 0 Å². The summed E-state index contributed by atoms with van der Waals surface area (Å²) in [5.41, 5.74) is 6.66. The van der Waals surface area contributed by atoms with Gasteiger partial charge in [0.15, 0.2) is 0 Å². The molecule has 0 aromatic rings. The van der Waals surface area contributed by atoms with Crippen LogP contribution in [0.4, 0.5) is 0 Å². The van der Waals surface area contributed by atoms with Crippen LogP contribution in [0, 0.1) is 5.41 Å². The Morgan fingerprint density at radius 2 is 2.07 bits per heavy atom. The van der Waals surface area contributed by atoms with Gasteiger partial charge in [-0.15, -0.1) is 11.8 Å². The molecule has 1 aliphatic carbocycles. The van der Waals surface area contributed by atoms with Gasteiger partial charge in [-0.05, 0) is 24.7 Å². The van der Waals surface area contributed by atoms with E-state index in [1.807, 2.05) is 0 Å². The molecule has 2 rings (SSSR count). The molecule has 0 amide bonds. The average Bonchev–Trinajstić information content (AvgIpc) is 2.03. The fraction of sp³-hybridized carbons (Fsp3) is 1.00. The summed E-state index contributed by atoms with van der Waals surface area (Å²) in [5, 5.41) is 1.38. The van der Waals surface area contributed by atoms with E-state index in [0.29, 0.717) is 16.7 Å². The molecule has 0 radical (unpaired) electrons. The van der Waals surface area contributed by atoms with Crippen LogP contribution < -0.4 is 5.73 Å². The van der Waals surface area contributed by atoms with Crippen molar-refractivity contribution in [3.05, 3.63) is 0 Å². The predicted molar refractivity (Wildman–Crippen MR) is 61.6 cm³/mol. The Balaban J connectivity index is 1.87. The maximum atomic E-state index is 6.17. The van der Waals surface area contributed by atoms with Gasteiger partial charge in [-0.1, -0.05) is 13.8 Å². The molecule has 2 fully saturated rings. The zero-order valence-corrected chi connectivity index (χ0v) is 9.98. The van der Waals surface area contributed by atoms with Gasteiger partial charge in [0, 0.05) is 11.3 Å². The van der Waals surface area contributed by atoms with Crippen LogP contribution in [0.25, 0.3) is 0 Å². The number of hydrogen-bond donors (Lipinski definition) is 1. The van der Waals surface area contributed by atoms with Gasteiger partial charge in [0.25, 0.3) is 0 Å². The maximum absolute atomic E-state index is 6.17. The molecule has 2 unspecified atom stereocenters. The fourth-order valence-electron chi connectivity index (χ4n) is 2.23. The van der Waals surface area contributed by atoms with Gasteiger partial charge in [0.1, 0.15) is 0 Å². The van der Waals surface area contributed by atoms with Crippen molar-refractivity contribution in [3.8, 4) is 0 Å². The molecule has 82 valence electrons.